The van der Waals surface area contributed by atoms with E-state index in [9.17, 15) is 4.79 Å². The zero-order chi connectivity index (χ0) is 13.0. The van der Waals surface area contributed by atoms with Crippen LogP contribution in [0.3, 0.4) is 0 Å². The average molecular weight is 347 g/mol. The molecule has 0 amide bonds. The topological polar surface area (TPSA) is 39.2 Å². The van der Waals surface area contributed by atoms with E-state index < -0.39 is 0 Å². The van der Waals surface area contributed by atoms with E-state index in [1.54, 1.807) is 6.07 Å². The summed E-state index contributed by atoms with van der Waals surface area (Å²) in [6, 6.07) is 7.29. The summed E-state index contributed by atoms with van der Waals surface area (Å²) in [5.41, 5.74) is 1.50. The number of carbonyl (C=O) groups is 1. The van der Waals surface area contributed by atoms with E-state index in [4.69, 9.17) is 16.3 Å². The van der Waals surface area contributed by atoms with E-state index in [-0.39, 0.29) is 19.0 Å². The zero-order valence-electron chi connectivity index (χ0n) is 9.23. The van der Waals surface area contributed by atoms with Gasteiger partial charge in [0.2, 0.25) is 0 Å². The Bertz CT molecular complexity index is 559. The number of thiophene rings is 1. The molecule has 0 N–H and O–H groups in total. The van der Waals surface area contributed by atoms with Gasteiger partial charge in [-0.15, -0.1) is 11.3 Å². The molecule has 0 saturated heterocycles. The zero-order valence-corrected chi connectivity index (χ0v) is 12.4. The van der Waals surface area contributed by atoms with Crippen LogP contribution in [0.25, 0.3) is 0 Å². The molecular formula is C12H9BrClNO2S. The van der Waals surface area contributed by atoms with Crippen molar-refractivity contribution in [2.24, 2.45) is 0 Å². The molecular weight excluding hydrogens is 338 g/mol. The van der Waals surface area contributed by atoms with Crippen LogP contribution in [0.2, 0.25) is 4.34 Å². The van der Waals surface area contributed by atoms with Gasteiger partial charge in [-0.25, -0.2) is 4.98 Å². The van der Waals surface area contributed by atoms with Crippen LogP contribution in [0.15, 0.2) is 34.2 Å². The number of hydrogen-bond donors (Lipinski definition) is 0. The quantitative estimate of drug-likeness (QED) is 0.623. The van der Waals surface area contributed by atoms with Gasteiger partial charge in [0, 0.05) is 0 Å². The van der Waals surface area contributed by atoms with Crippen LogP contribution in [0.5, 0.6) is 0 Å². The minimum atomic E-state index is -0.308. The minimum absolute atomic E-state index is 0.167. The van der Waals surface area contributed by atoms with Crippen molar-refractivity contribution >= 4 is 44.8 Å². The average Bonchev–Trinajstić information content (AvgIpc) is 2.73. The Labute approximate surface area is 122 Å². The molecule has 0 spiro atoms. The Morgan fingerprint density at radius 3 is 2.94 bits per heavy atom. The number of nitrogens with zero attached hydrogens (tertiary/aromatic N) is 1. The highest BCUT2D eigenvalue weighted by molar-refractivity contribution is 9.10. The third-order valence-corrected chi connectivity index (χ3v) is 3.87. The summed E-state index contributed by atoms with van der Waals surface area (Å²) in [7, 11) is 0. The number of rotatable bonds is 4. The summed E-state index contributed by atoms with van der Waals surface area (Å²) in [5.74, 6) is -0.308. The Morgan fingerprint density at radius 2 is 2.28 bits per heavy atom. The van der Waals surface area contributed by atoms with Gasteiger partial charge in [-0.3, -0.25) is 4.79 Å². The third-order valence-electron chi connectivity index (χ3n) is 2.18. The molecule has 2 aromatic rings. The van der Waals surface area contributed by atoms with Crippen molar-refractivity contribution in [1.29, 1.82) is 0 Å². The SMILES string of the molecule is O=C(Cc1ccsc1Cl)OCc1cccc(Br)n1. The molecule has 2 rings (SSSR count). The molecule has 0 aliphatic carbocycles. The fraction of sp³-hybridized carbons (Fsp3) is 0.167. The van der Waals surface area contributed by atoms with Crippen molar-refractivity contribution in [1.82, 2.24) is 4.98 Å². The number of hydrogen-bond acceptors (Lipinski definition) is 4. The first-order valence-corrected chi connectivity index (χ1v) is 7.19. The Morgan fingerprint density at radius 1 is 1.44 bits per heavy atom. The van der Waals surface area contributed by atoms with Crippen LogP contribution in [-0.4, -0.2) is 11.0 Å². The predicted molar refractivity (Wildman–Crippen MR) is 74.8 cm³/mol. The summed E-state index contributed by atoms with van der Waals surface area (Å²) in [6.07, 6.45) is 0.191. The highest BCUT2D eigenvalue weighted by atomic mass is 79.9. The van der Waals surface area contributed by atoms with Gasteiger partial charge in [-0.1, -0.05) is 17.7 Å². The molecule has 0 atom stereocenters. The molecule has 2 heterocycles. The van der Waals surface area contributed by atoms with E-state index in [0.29, 0.717) is 10.0 Å². The van der Waals surface area contributed by atoms with Crippen LogP contribution in [0.4, 0.5) is 0 Å². The molecule has 2 aromatic heterocycles. The number of halogens is 2. The van der Waals surface area contributed by atoms with Gasteiger partial charge in [0.25, 0.3) is 0 Å². The molecule has 0 aromatic carbocycles. The minimum Gasteiger partial charge on any atom is -0.459 e. The van der Waals surface area contributed by atoms with E-state index in [0.717, 1.165) is 10.2 Å². The molecule has 18 heavy (non-hydrogen) atoms. The van der Waals surface area contributed by atoms with Crippen LogP contribution < -0.4 is 0 Å². The largest absolute Gasteiger partial charge is 0.459 e. The molecule has 0 aliphatic heterocycles. The van der Waals surface area contributed by atoms with Gasteiger partial charge in [0.15, 0.2) is 0 Å². The van der Waals surface area contributed by atoms with Crippen LogP contribution in [-0.2, 0) is 22.6 Å². The lowest BCUT2D eigenvalue weighted by Gasteiger charge is -2.04. The summed E-state index contributed by atoms with van der Waals surface area (Å²) in [4.78, 5) is 15.8. The first-order valence-electron chi connectivity index (χ1n) is 5.14. The molecule has 94 valence electrons. The molecule has 0 saturated carbocycles. The monoisotopic (exact) mass is 345 g/mol. The fourth-order valence-electron chi connectivity index (χ4n) is 1.34. The number of pyridine rings is 1. The Hall–Kier alpha value is -0.910. The normalized spacial score (nSPS) is 10.3. The van der Waals surface area contributed by atoms with E-state index in [2.05, 4.69) is 20.9 Å². The third kappa shape index (κ3) is 3.80. The fourth-order valence-corrected chi connectivity index (χ4v) is 2.65. The lowest BCUT2D eigenvalue weighted by molar-refractivity contribution is -0.144. The van der Waals surface area contributed by atoms with Gasteiger partial charge < -0.3 is 4.74 Å². The van der Waals surface area contributed by atoms with Crippen LogP contribution in [0.1, 0.15) is 11.3 Å². The smallest absolute Gasteiger partial charge is 0.310 e. The highest BCUT2D eigenvalue weighted by Crippen LogP contribution is 2.23. The van der Waals surface area contributed by atoms with Crippen molar-refractivity contribution < 1.29 is 9.53 Å². The molecule has 0 unspecified atom stereocenters. The van der Waals surface area contributed by atoms with Gasteiger partial charge in [0.05, 0.1) is 16.5 Å². The van der Waals surface area contributed by atoms with Crippen molar-refractivity contribution in [3.8, 4) is 0 Å². The van der Waals surface area contributed by atoms with Crippen LogP contribution >= 0.6 is 38.9 Å². The molecule has 0 bridgehead atoms. The number of esters is 1. The maximum Gasteiger partial charge on any atom is 0.310 e. The second-order valence-electron chi connectivity index (χ2n) is 3.51. The second-order valence-corrected chi connectivity index (χ2v) is 5.84. The summed E-state index contributed by atoms with van der Waals surface area (Å²) in [5, 5.41) is 1.85. The molecule has 3 nitrogen and oxygen atoms in total. The number of aromatic nitrogens is 1. The van der Waals surface area contributed by atoms with E-state index in [1.807, 2.05) is 23.6 Å². The van der Waals surface area contributed by atoms with E-state index >= 15 is 0 Å². The van der Waals surface area contributed by atoms with Crippen LogP contribution in [0, 0.1) is 0 Å². The highest BCUT2D eigenvalue weighted by Gasteiger charge is 2.09. The molecule has 0 aliphatic rings. The summed E-state index contributed by atoms with van der Waals surface area (Å²) < 4.78 is 6.49. The maximum absolute atomic E-state index is 11.6. The van der Waals surface area contributed by atoms with Crippen molar-refractivity contribution in [2.45, 2.75) is 13.0 Å². The first-order chi connectivity index (χ1) is 8.65. The molecule has 6 heteroatoms. The van der Waals surface area contributed by atoms with Gasteiger partial charge >= 0.3 is 5.97 Å². The van der Waals surface area contributed by atoms with Crippen molar-refractivity contribution in [3.63, 3.8) is 0 Å². The summed E-state index contributed by atoms with van der Waals surface area (Å²) >= 11 is 10.6. The lowest BCUT2D eigenvalue weighted by atomic mass is 10.2. The van der Waals surface area contributed by atoms with Crippen molar-refractivity contribution in [3.05, 3.63) is 49.8 Å². The molecule has 0 fully saturated rings. The van der Waals surface area contributed by atoms with E-state index in [1.165, 1.54) is 11.3 Å². The lowest BCUT2D eigenvalue weighted by Crippen LogP contribution is -2.08. The predicted octanol–water partition coefficient (Wildman–Crippen LogP) is 3.84. The first kappa shape index (κ1) is 13.5. The maximum atomic E-state index is 11.6. The number of ether oxygens (including phenoxy) is 1. The Balaban J connectivity index is 1.87. The standard InChI is InChI=1S/C12H9BrClNO2S/c13-10-3-1-2-9(15-10)7-17-11(16)6-8-4-5-18-12(8)14/h1-5H,6-7H2. The second kappa shape index (κ2) is 6.31. The Kier molecular flexibility index (Phi) is 4.74. The summed E-state index contributed by atoms with van der Waals surface area (Å²) in [6.45, 7) is 0.167. The molecule has 0 radical (unpaired) electrons. The van der Waals surface area contributed by atoms with Gasteiger partial charge in [-0.05, 0) is 45.1 Å². The number of carbonyl (C=O) groups excluding carboxylic acids is 1. The van der Waals surface area contributed by atoms with Gasteiger partial charge in [0.1, 0.15) is 11.2 Å². The van der Waals surface area contributed by atoms with Crippen molar-refractivity contribution in [2.75, 3.05) is 0 Å². The van der Waals surface area contributed by atoms with Gasteiger partial charge in [-0.2, -0.15) is 0 Å².